The molecule has 0 fully saturated rings. The molecule has 68 valence electrons. The molecule has 0 N–H and O–H groups in total. The molecule has 13 heavy (non-hydrogen) atoms. The van der Waals surface area contributed by atoms with Gasteiger partial charge in [0.15, 0.2) is 5.69 Å². The van der Waals surface area contributed by atoms with Crippen LogP contribution in [0.3, 0.4) is 0 Å². The average molecular weight is 191 g/mol. The summed E-state index contributed by atoms with van der Waals surface area (Å²) in [6, 6.07) is 5.90. The van der Waals surface area contributed by atoms with Crippen molar-refractivity contribution in [2.45, 2.75) is 19.1 Å². The Kier molecular flexibility index (Phi) is 3.39. The van der Waals surface area contributed by atoms with Crippen LogP contribution in [0.1, 0.15) is 23.3 Å². The van der Waals surface area contributed by atoms with Crippen molar-refractivity contribution >= 4 is 17.4 Å². The lowest BCUT2D eigenvalue weighted by Gasteiger charge is -2.11. The fourth-order valence-electron chi connectivity index (χ4n) is 1.31. The largest absolute Gasteiger partial charge is 0.238 e. The molecule has 0 saturated heterocycles. The summed E-state index contributed by atoms with van der Waals surface area (Å²) in [6.07, 6.45) is 2.10. The first-order valence-corrected chi connectivity index (χ1v) is 5.48. The Bertz CT molecular complexity index is 338. The lowest BCUT2D eigenvalue weighted by atomic mass is 10.1. The number of aryl methyl sites for hydroxylation is 1. The Balaban J connectivity index is 3.07. The third kappa shape index (κ3) is 2.26. The van der Waals surface area contributed by atoms with Gasteiger partial charge >= 0.3 is 0 Å². The van der Waals surface area contributed by atoms with Crippen molar-refractivity contribution in [2.75, 3.05) is 6.26 Å². The van der Waals surface area contributed by atoms with Gasteiger partial charge in [0.2, 0.25) is 0 Å². The van der Waals surface area contributed by atoms with E-state index in [0.717, 1.165) is 5.69 Å². The molecule has 0 aromatic heterocycles. The summed E-state index contributed by atoms with van der Waals surface area (Å²) in [4.78, 5) is 3.40. The van der Waals surface area contributed by atoms with E-state index in [1.165, 1.54) is 11.1 Å². The van der Waals surface area contributed by atoms with E-state index >= 15 is 0 Å². The molecule has 0 amide bonds. The average Bonchev–Trinajstić information content (AvgIpc) is 2.16. The SMILES string of the molecule is [C-]#[N+]c1ccc(C(C)SC)c(C)c1. The monoisotopic (exact) mass is 191 g/mol. The van der Waals surface area contributed by atoms with E-state index in [1.54, 1.807) is 0 Å². The summed E-state index contributed by atoms with van der Waals surface area (Å²) in [7, 11) is 0. The molecule has 1 unspecified atom stereocenters. The number of benzene rings is 1. The number of hydrogen-bond donors (Lipinski definition) is 0. The predicted molar refractivity (Wildman–Crippen MR) is 59.4 cm³/mol. The van der Waals surface area contributed by atoms with Gasteiger partial charge in [-0.1, -0.05) is 23.8 Å². The van der Waals surface area contributed by atoms with Crippen molar-refractivity contribution in [2.24, 2.45) is 0 Å². The van der Waals surface area contributed by atoms with Crippen molar-refractivity contribution in [1.82, 2.24) is 0 Å². The van der Waals surface area contributed by atoms with Crippen molar-refractivity contribution in [3.63, 3.8) is 0 Å². The minimum atomic E-state index is 0.514. The molecule has 0 heterocycles. The number of rotatable bonds is 2. The van der Waals surface area contributed by atoms with E-state index in [4.69, 9.17) is 6.57 Å². The van der Waals surface area contributed by atoms with Crippen LogP contribution in [-0.2, 0) is 0 Å². The zero-order valence-corrected chi connectivity index (χ0v) is 8.98. The highest BCUT2D eigenvalue weighted by Crippen LogP contribution is 2.30. The van der Waals surface area contributed by atoms with Crippen molar-refractivity contribution in [3.05, 3.63) is 40.7 Å². The third-order valence-electron chi connectivity index (χ3n) is 2.17. The van der Waals surface area contributed by atoms with Crippen LogP contribution in [0.25, 0.3) is 4.85 Å². The highest BCUT2D eigenvalue weighted by atomic mass is 32.2. The second-order valence-electron chi connectivity index (χ2n) is 3.03. The van der Waals surface area contributed by atoms with Crippen molar-refractivity contribution < 1.29 is 0 Å². The first-order valence-electron chi connectivity index (χ1n) is 4.20. The fourth-order valence-corrected chi connectivity index (χ4v) is 1.83. The Labute approximate surface area is 84.0 Å². The molecular weight excluding hydrogens is 178 g/mol. The maximum absolute atomic E-state index is 6.88. The van der Waals surface area contributed by atoms with Crippen LogP contribution in [0.5, 0.6) is 0 Å². The highest BCUT2D eigenvalue weighted by Gasteiger charge is 2.06. The number of nitrogens with zero attached hydrogens (tertiary/aromatic N) is 1. The van der Waals surface area contributed by atoms with Crippen LogP contribution in [0.15, 0.2) is 18.2 Å². The molecule has 0 aliphatic heterocycles. The number of thioether (sulfide) groups is 1. The molecule has 2 heteroatoms. The summed E-state index contributed by atoms with van der Waals surface area (Å²) < 4.78 is 0. The van der Waals surface area contributed by atoms with Gasteiger partial charge in [-0.3, -0.25) is 0 Å². The van der Waals surface area contributed by atoms with Crippen LogP contribution in [0, 0.1) is 13.5 Å². The van der Waals surface area contributed by atoms with E-state index in [-0.39, 0.29) is 0 Å². The molecule has 1 atom stereocenters. The standard InChI is InChI=1S/C11H13NS/c1-8-7-10(12-3)5-6-11(8)9(2)13-4/h5-7,9H,1-2,4H3. The van der Waals surface area contributed by atoms with Crippen LogP contribution in [-0.4, -0.2) is 6.26 Å². The van der Waals surface area contributed by atoms with Crippen LogP contribution < -0.4 is 0 Å². The third-order valence-corrected chi connectivity index (χ3v) is 3.14. The molecule has 1 rings (SSSR count). The first kappa shape index (κ1) is 10.1. The van der Waals surface area contributed by atoms with Gasteiger partial charge in [0.05, 0.1) is 6.57 Å². The van der Waals surface area contributed by atoms with Gasteiger partial charge in [-0.25, -0.2) is 4.85 Å². The second kappa shape index (κ2) is 4.34. The topological polar surface area (TPSA) is 4.36 Å². The molecule has 0 aliphatic carbocycles. The molecule has 0 bridgehead atoms. The van der Waals surface area contributed by atoms with Gasteiger partial charge in [-0.15, -0.1) is 0 Å². The molecule has 0 saturated carbocycles. The van der Waals surface area contributed by atoms with Gasteiger partial charge in [0.25, 0.3) is 0 Å². The predicted octanol–water partition coefficient (Wildman–Crippen LogP) is 3.97. The Morgan fingerprint density at radius 3 is 2.62 bits per heavy atom. The molecule has 1 aromatic rings. The van der Waals surface area contributed by atoms with Gasteiger partial charge in [-0.2, -0.15) is 11.8 Å². The number of hydrogen-bond acceptors (Lipinski definition) is 1. The summed E-state index contributed by atoms with van der Waals surface area (Å²) in [5, 5.41) is 0.514. The van der Waals surface area contributed by atoms with Crippen molar-refractivity contribution in [1.29, 1.82) is 0 Å². The van der Waals surface area contributed by atoms with E-state index in [0.29, 0.717) is 5.25 Å². The molecule has 1 aromatic carbocycles. The minimum absolute atomic E-state index is 0.514. The molecule has 0 aliphatic rings. The van der Waals surface area contributed by atoms with E-state index in [9.17, 15) is 0 Å². The minimum Gasteiger partial charge on any atom is -0.238 e. The lowest BCUT2D eigenvalue weighted by Crippen LogP contribution is -1.90. The molecule has 0 radical (unpaired) electrons. The van der Waals surface area contributed by atoms with Crippen LogP contribution in [0.4, 0.5) is 5.69 Å². The first-order chi connectivity index (χ1) is 6.19. The van der Waals surface area contributed by atoms with Gasteiger partial charge in [0, 0.05) is 5.25 Å². The van der Waals surface area contributed by atoms with Crippen LogP contribution >= 0.6 is 11.8 Å². The zero-order valence-electron chi connectivity index (χ0n) is 8.16. The quantitative estimate of drug-likeness (QED) is 0.640. The van der Waals surface area contributed by atoms with Gasteiger partial charge < -0.3 is 0 Å². The molecular formula is C11H13NS. The normalized spacial score (nSPS) is 12.2. The van der Waals surface area contributed by atoms with Gasteiger partial charge in [0.1, 0.15) is 0 Å². The zero-order chi connectivity index (χ0) is 9.84. The summed E-state index contributed by atoms with van der Waals surface area (Å²) in [5.41, 5.74) is 3.28. The molecule has 0 spiro atoms. The van der Waals surface area contributed by atoms with Crippen LogP contribution in [0.2, 0.25) is 0 Å². The summed E-state index contributed by atoms with van der Waals surface area (Å²) in [5.74, 6) is 0. The molecule has 1 nitrogen and oxygen atoms in total. The Morgan fingerprint density at radius 2 is 2.15 bits per heavy atom. The second-order valence-corrected chi connectivity index (χ2v) is 4.21. The maximum atomic E-state index is 6.88. The summed E-state index contributed by atoms with van der Waals surface area (Å²) in [6.45, 7) is 11.1. The Morgan fingerprint density at radius 1 is 1.46 bits per heavy atom. The van der Waals surface area contributed by atoms with E-state index < -0.39 is 0 Å². The van der Waals surface area contributed by atoms with Gasteiger partial charge in [-0.05, 0) is 25.7 Å². The van der Waals surface area contributed by atoms with Crippen molar-refractivity contribution in [3.8, 4) is 0 Å². The highest BCUT2D eigenvalue weighted by molar-refractivity contribution is 7.98. The van der Waals surface area contributed by atoms with E-state index in [1.807, 2.05) is 23.9 Å². The maximum Gasteiger partial charge on any atom is 0.187 e. The smallest absolute Gasteiger partial charge is 0.187 e. The van der Waals surface area contributed by atoms with E-state index in [2.05, 4.69) is 31.0 Å². The summed E-state index contributed by atoms with van der Waals surface area (Å²) >= 11 is 1.83. The fraction of sp³-hybridized carbons (Fsp3) is 0.364. The lowest BCUT2D eigenvalue weighted by molar-refractivity contribution is 1.08. The Hall–Kier alpha value is -0.940.